The Morgan fingerprint density at radius 3 is 2.81 bits per heavy atom. The molecule has 0 fully saturated rings. The van der Waals surface area contributed by atoms with Crippen molar-refractivity contribution >= 4 is 18.6 Å². The number of hydrogen-bond acceptors (Lipinski definition) is 3. The monoisotopic (exact) mass is 234 g/mol. The van der Waals surface area contributed by atoms with E-state index in [0.29, 0.717) is 5.75 Å². The number of carbonyl (C=O) groups is 1. The van der Waals surface area contributed by atoms with Crippen LogP contribution in [0, 0.1) is 11.8 Å². The molecule has 0 N–H and O–H groups in total. The third kappa shape index (κ3) is 3.63. The summed E-state index contributed by atoms with van der Waals surface area (Å²) in [5.41, 5.74) is 0.821. The van der Waals surface area contributed by atoms with E-state index < -0.39 is 0 Å². The standard InChI is InChI=1S/C13H14O2S/c1-3-4-9-13(16)11-7-5-6-8-12(11)15-10(2)14/h5-8,13,16H,3H2,1-2H3. The predicted molar refractivity (Wildman–Crippen MR) is 67.5 cm³/mol. The van der Waals surface area contributed by atoms with Gasteiger partial charge in [-0.2, -0.15) is 12.6 Å². The summed E-state index contributed by atoms with van der Waals surface area (Å²) >= 11 is 4.38. The Bertz CT molecular complexity index is 429. The molecule has 16 heavy (non-hydrogen) atoms. The number of benzene rings is 1. The van der Waals surface area contributed by atoms with E-state index in [0.717, 1.165) is 12.0 Å². The van der Waals surface area contributed by atoms with Crippen molar-refractivity contribution in [2.24, 2.45) is 0 Å². The highest BCUT2D eigenvalue weighted by molar-refractivity contribution is 7.80. The van der Waals surface area contributed by atoms with Gasteiger partial charge in [-0.15, -0.1) is 5.92 Å². The summed E-state index contributed by atoms with van der Waals surface area (Å²) in [6.07, 6.45) is 0.785. The van der Waals surface area contributed by atoms with Gasteiger partial charge >= 0.3 is 5.97 Å². The topological polar surface area (TPSA) is 26.3 Å². The first-order valence-corrected chi connectivity index (χ1v) is 5.60. The van der Waals surface area contributed by atoms with Crippen LogP contribution >= 0.6 is 12.6 Å². The van der Waals surface area contributed by atoms with E-state index in [1.165, 1.54) is 6.92 Å². The molecule has 1 aromatic rings. The highest BCUT2D eigenvalue weighted by Gasteiger charge is 2.10. The largest absolute Gasteiger partial charge is 0.426 e. The van der Waals surface area contributed by atoms with Crippen LogP contribution in [0.5, 0.6) is 5.75 Å². The molecule has 0 aliphatic heterocycles. The average Bonchev–Trinajstić information content (AvgIpc) is 2.26. The summed E-state index contributed by atoms with van der Waals surface area (Å²) in [5.74, 6) is 6.14. The zero-order chi connectivity index (χ0) is 12.0. The maximum atomic E-state index is 10.9. The van der Waals surface area contributed by atoms with Gasteiger partial charge in [0, 0.05) is 18.9 Å². The lowest BCUT2D eigenvalue weighted by atomic mass is 10.1. The van der Waals surface area contributed by atoms with Crippen molar-refractivity contribution in [2.75, 3.05) is 0 Å². The van der Waals surface area contributed by atoms with E-state index in [1.807, 2.05) is 25.1 Å². The summed E-state index contributed by atoms with van der Waals surface area (Å²) in [5, 5.41) is -0.226. The number of thiol groups is 1. The van der Waals surface area contributed by atoms with Gasteiger partial charge in [-0.3, -0.25) is 4.79 Å². The summed E-state index contributed by atoms with van der Waals surface area (Å²) < 4.78 is 5.09. The lowest BCUT2D eigenvalue weighted by Crippen LogP contribution is -2.04. The van der Waals surface area contributed by atoms with Crippen molar-refractivity contribution in [3.63, 3.8) is 0 Å². The normalized spacial score (nSPS) is 11.2. The second-order valence-corrected chi connectivity index (χ2v) is 3.73. The van der Waals surface area contributed by atoms with E-state index in [4.69, 9.17) is 4.74 Å². The van der Waals surface area contributed by atoms with Crippen LogP contribution in [-0.2, 0) is 4.79 Å². The summed E-state index contributed by atoms with van der Waals surface area (Å²) in [6.45, 7) is 3.35. The van der Waals surface area contributed by atoms with E-state index in [9.17, 15) is 4.79 Å². The number of rotatable bonds is 2. The molecule has 0 heterocycles. The number of carbonyl (C=O) groups excluding carboxylic acids is 1. The van der Waals surface area contributed by atoms with Gasteiger partial charge in [0.1, 0.15) is 5.75 Å². The third-order valence-electron chi connectivity index (χ3n) is 1.88. The van der Waals surface area contributed by atoms with Crippen molar-refractivity contribution in [3.05, 3.63) is 29.8 Å². The summed E-state index contributed by atoms with van der Waals surface area (Å²) in [7, 11) is 0. The third-order valence-corrected chi connectivity index (χ3v) is 2.29. The Labute approximate surface area is 101 Å². The van der Waals surface area contributed by atoms with Crippen LogP contribution in [0.2, 0.25) is 0 Å². The van der Waals surface area contributed by atoms with Crippen molar-refractivity contribution in [2.45, 2.75) is 25.5 Å². The highest BCUT2D eigenvalue weighted by Crippen LogP contribution is 2.28. The van der Waals surface area contributed by atoms with Gasteiger partial charge in [-0.05, 0) is 6.07 Å². The molecule has 0 amide bonds. The van der Waals surface area contributed by atoms with Crippen LogP contribution in [0.4, 0.5) is 0 Å². The second-order valence-electron chi connectivity index (χ2n) is 3.21. The maximum Gasteiger partial charge on any atom is 0.308 e. The van der Waals surface area contributed by atoms with Crippen molar-refractivity contribution < 1.29 is 9.53 Å². The van der Waals surface area contributed by atoms with Gasteiger partial charge in [0.2, 0.25) is 0 Å². The molecule has 0 radical (unpaired) electrons. The smallest absolute Gasteiger partial charge is 0.308 e. The number of hydrogen-bond donors (Lipinski definition) is 1. The first-order chi connectivity index (χ1) is 7.65. The van der Waals surface area contributed by atoms with Gasteiger partial charge in [0.05, 0.1) is 5.25 Å². The van der Waals surface area contributed by atoms with Gasteiger partial charge in [-0.25, -0.2) is 0 Å². The molecule has 0 bridgehead atoms. The molecule has 1 aromatic carbocycles. The maximum absolute atomic E-state index is 10.9. The molecule has 0 aliphatic rings. The van der Waals surface area contributed by atoms with Crippen molar-refractivity contribution in [3.8, 4) is 17.6 Å². The van der Waals surface area contributed by atoms with Crippen LogP contribution in [-0.4, -0.2) is 5.97 Å². The Kier molecular flexibility index (Phi) is 4.94. The molecule has 0 spiro atoms. The lowest BCUT2D eigenvalue weighted by molar-refractivity contribution is -0.131. The Balaban J connectivity index is 2.98. The highest BCUT2D eigenvalue weighted by atomic mass is 32.1. The van der Waals surface area contributed by atoms with Crippen LogP contribution in [0.1, 0.15) is 31.1 Å². The molecule has 0 aliphatic carbocycles. The molecule has 1 unspecified atom stereocenters. The fourth-order valence-electron chi connectivity index (χ4n) is 1.23. The van der Waals surface area contributed by atoms with Gasteiger partial charge in [0.15, 0.2) is 0 Å². The molecule has 1 rings (SSSR count). The van der Waals surface area contributed by atoms with Gasteiger partial charge in [-0.1, -0.05) is 31.0 Å². The van der Waals surface area contributed by atoms with Crippen LogP contribution < -0.4 is 4.74 Å². The van der Waals surface area contributed by atoms with E-state index >= 15 is 0 Å². The fraction of sp³-hybridized carbons (Fsp3) is 0.308. The average molecular weight is 234 g/mol. The van der Waals surface area contributed by atoms with Gasteiger partial charge in [0.25, 0.3) is 0 Å². The fourth-order valence-corrected chi connectivity index (χ4v) is 1.54. The Hall–Kier alpha value is -1.40. The second kappa shape index (κ2) is 6.24. The Morgan fingerprint density at radius 2 is 2.19 bits per heavy atom. The van der Waals surface area contributed by atoms with E-state index in [2.05, 4.69) is 24.5 Å². The summed E-state index contributed by atoms with van der Waals surface area (Å²) in [4.78, 5) is 10.9. The number of esters is 1. The first-order valence-electron chi connectivity index (χ1n) is 5.09. The van der Waals surface area contributed by atoms with Crippen molar-refractivity contribution in [1.82, 2.24) is 0 Å². The number of para-hydroxylation sites is 1. The van der Waals surface area contributed by atoms with Crippen LogP contribution in [0.15, 0.2) is 24.3 Å². The molecule has 3 heteroatoms. The SMILES string of the molecule is CCC#CC(S)c1ccccc1OC(C)=O. The molecule has 1 atom stereocenters. The lowest BCUT2D eigenvalue weighted by Gasteiger charge is -2.10. The molecule has 0 saturated carbocycles. The van der Waals surface area contributed by atoms with Crippen molar-refractivity contribution in [1.29, 1.82) is 0 Å². The Morgan fingerprint density at radius 1 is 1.50 bits per heavy atom. The minimum absolute atomic E-state index is 0.226. The first kappa shape index (κ1) is 12.7. The molecular formula is C13H14O2S. The molecule has 0 saturated heterocycles. The van der Waals surface area contributed by atoms with Crippen LogP contribution in [0.3, 0.4) is 0 Å². The predicted octanol–water partition coefficient (Wildman–Crippen LogP) is 3.00. The molecule has 0 aromatic heterocycles. The van der Waals surface area contributed by atoms with E-state index in [1.54, 1.807) is 6.07 Å². The molecule has 2 nitrogen and oxygen atoms in total. The quantitative estimate of drug-likeness (QED) is 0.368. The van der Waals surface area contributed by atoms with Gasteiger partial charge < -0.3 is 4.74 Å². The molecular weight excluding hydrogens is 220 g/mol. The zero-order valence-corrected chi connectivity index (χ0v) is 10.3. The summed E-state index contributed by atoms with van der Waals surface area (Å²) in [6, 6.07) is 7.29. The zero-order valence-electron chi connectivity index (χ0n) is 9.36. The minimum Gasteiger partial charge on any atom is -0.426 e. The van der Waals surface area contributed by atoms with E-state index in [-0.39, 0.29) is 11.2 Å². The van der Waals surface area contributed by atoms with Crippen LogP contribution in [0.25, 0.3) is 0 Å². The molecule has 84 valence electrons. The minimum atomic E-state index is -0.337. The number of ether oxygens (including phenoxy) is 1.